The quantitative estimate of drug-likeness (QED) is 0.400. The van der Waals surface area contributed by atoms with Crippen molar-refractivity contribution < 1.29 is 19.1 Å². The van der Waals surface area contributed by atoms with Crippen LogP contribution in [-0.2, 0) is 9.47 Å². The zero-order chi connectivity index (χ0) is 20.1. The first-order valence-electron chi connectivity index (χ1n) is 9.71. The van der Waals surface area contributed by atoms with Gasteiger partial charge in [0, 0.05) is 16.2 Å². The van der Waals surface area contributed by atoms with Gasteiger partial charge in [0.05, 0.1) is 29.8 Å². The maximum atomic E-state index is 13.0. The third kappa shape index (κ3) is 2.34. The number of hydrogen-bond acceptors (Lipinski definition) is 4. The van der Waals surface area contributed by atoms with Crippen LogP contribution in [0, 0.1) is 0 Å². The van der Waals surface area contributed by atoms with E-state index in [1.807, 2.05) is 52.9 Å². The molecule has 0 unspecified atom stereocenters. The molecule has 144 valence electrons. The molecule has 3 heterocycles. The van der Waals surface area contributed by atoms with Crippen molar-refractivity contribution in [2.24, 2.45) is 0 Å². The number of carbonyl (C=O) groups excluding carboxylic acids is 2. The molecule has 5 nitrogen and oxygen atoms in total. The van der Waals surface area contributed by atoms with Gasteiger partial charge in [0.15, 0.2) is 0 Å². The first-order valence-corrected chi connectivity index (χ1v) is 9.71. The van der Waals surface area contributed by atoms with E-state index in [-0.39, 0.29) is 24.3 Å². The Bertz CT molecular complexity index is 1390. The molecule has 5 heteroatoms. The third-order valence-corrected chi connectivity index (χ3v) is 5.34. The number of hydrogen-bond donors (Lipinski definition) is 0. The predicted molar refractivity (Wildman–Crippen MR) is 113 cm³/mol. The molecule has 0 aliphatic rings. The minimum absolute atomic E-state index is 0.224. The minimum Gasteiger partial charge on any atom is -0.462 e. The van der Waals surface area contributed by atoms with Gasteiger partial charge in [-0.2, -0.15) is 0 Å². The lowest BCUT2D eigenvalue weighted by atomic mass is 10.0. The van der Waals surface area contributed by atoms with Crippen LogP contribution in [-0.4, -0.2) is 29.6 Å². The molecule has 0 N–H and O–H groups in total. The lowest BCUT2D eigenvalue weighted by Gasteiger charge is -2.08. The Hall–Kier alpha value is -3.60. The molecule has 0 spiro atoms. The van der Waals surface area contributed by atoms with Gasteiger partial charge in [-0.15, -0.1) is 0 Å². The maximum absolute atomic E-state index is 13.0. The maximum Gasteiger partial charge on any atom is 0.341 e. The van der Waals surface area contributed by atoms with Gasteiger partial charge >= 0.3 is 11.9 Å². The Kier molecular flexibility index (Phi) is 3.91. The number of nitrogens with zero attached hydrogens (tertiary/aromatic N) is 1. The molecule has 0 radical (unpaired) electrons. The summed E-state index contributed by atoms with van der Waals surface area (Å²) in [4.78, 5) is 26.1. The van der Waals surface area contributed by atoms with Crippen molar-refractivity contribution in [2.75, 3.05) is 13.2 Å². The van der Waals surface area contributed by atoms with E-state index >= 15 is 0 Å². The summed E-state index contributed by atoms with van der Waals surface area (Å²) < 4.78 is 12.7. The van der Waals surface area contributed by atoms with Crippen molar-refractivity contribution in [3.05, 3.63) is 65.7 Å². The average molecular weight is 385 g/mol. The van der Waals surface area contributed by atoms with Crippen LogP contribution in [0.5, 0.6) is 0 Å². The fraction of sp³-hybridized carbons (Fsp3) is 0.167. The van der Waals surface area contributed by atoms with E-state index in [1.165, 1.54) is 0 Å². The molecular weight excluding hydrogens is 366 g/mol. The topological polar surface area (TPSA) is 57.0 Å². The number of fused-ring (bicyclic) bond motifs is 5. The van der Waals surface area contributed by atoms with Crippen LogP contribution in [0.1, 0.15) is 34.6 Å². The second-order valence-electron chi connectivity index (χ2n) is 6.89. The lowest BCUT2D eigenvalue weighted by molar-refractivity contribution is 0.0483. The molecule has 0 saturated heterocycles. The molecular formula is C24H19NO4. The summed E-state index contributed by atoms with van der Waals surface area (Å²) in [7, 11) is 0. The highest BCUT2D eigenvalue weighted by atomic mass is 16.5. The van der Waals surface area contributed by atoms with Gasteiger partial charge in [0.25, 0.3) is 0 Å². The number of ether oxygens (including phenoxy) is 2. The Morgan fingerprint density at radius 3 is 1.90 bits per heavy atom. The Morgan fingerprint density at radius 2 is 1.28 bits per heavy atom. The Morgan fingerprint density at radius 1 is 0.759 bits per heavy atom. The monoisotopic (exact) mass is 385 g/mol. The minimum atomic E-state index is -0.513. The summed E-state index contributed by atoms with van der Waals surface area (Å²) in [6, 6.07) is 17.9. The van der Waals surface area contributed by atoms with E-state index in [1.54, 1.807) is 13.8 Å². The van der Waals surface area contributed by atoms with Gasteiger partial charge in [-0.1, -0.05) is 48.5 Å². The molecule has 0 aliphatic carbocycles. The van der Waals surface area contributed by atoms with E-state index in [9.17, 15) is 9.59 Å². The zero-order valence-corrected chi connectivity index (χ0v) is 16.2. The van der Waals surface area contributed by atoms with Gasteiger partial charge in [-0.05, 0) is 25.3 Å². The number of pyridine rings is 1. The molecule has 5 rings (SSSR count). The Labute approximate surface area is 166 Å². The summed E-state index contributed by atoms with van der Waals surface area (Å²) in [6.45, 7) is 3.96. The van der Waals surface area contributed by atoms with Crippen molar-refractivity contribution in [1.82, 2.24) is 4.40 Å². The highest BCUT2D eigenvalue weighted by Crippen LogP contribution is 2.41. The second kappa shape index (κ2) is 6.48. The van der Waals surface area contributed by atoms with Crippen molar-refractivity contribution >= 4 is 50.0 Å². The van der Waals surface area contributed by atoms with E-state index in [4.69, 9.17) is 9.47 Å². The number of benzene rings is 2. The number of aromatic nitrogens is 1. The first-order chi connectivity index (χ1) is 14.2. The number of carbonyl (C=O) groups is 2. The molecule has 3 aromatic heterocycles. The van der Waals surface area contributed by atoms with Crippen LogP contribution in [0.2, 0.25) is 0 Å². The Balaban J connectivity index is 2.10. The number of rotatable bonds is 4. The van der Waals surface area contributed by atoms with Crippen LogP contribution < -0.4 is 0 Å². The summed E-state index contributed by atoms with van der Waals surface area (Å²) >= 11 is 0. The molecule has 0 aliphatic heterocycles. The molecule has 2 aromatic carbocycles. The highest BCUT2D eigenvalue weighted by Gasteiger charge is 2.32. The standard InChI is InChI=1S/C24H19NO4/c1-3-28-23(26)19-20(24(27)29-4-2)22-17-12-8-7-11-16(17)18-13-14-9-5-6-10-15(14)21(19)25(18)22/h5-13H,3-4H2,1-2H3. The largest absolute Gasteiger partial charge is 0.462 e. The highest BCUT2D eigenvalue weighted by molar-refractivity contribution is 6.26. The lowest BCUT2D eigenvalue weighted by Crippen LogP contribution is -2.12. The van der Waals surface area contributed by atoms with Crippen molar-refractivity contribution in [2.45, 2.75) is 13.8 Å². The molecule has 0 saturated carbocycles. The van der Waals surface area contributed by atoms with E-state index in [0.717, 1.165) is 27.1 Å². The smallest absolute Gasteiger partial charge is 0.341 e. The summed E-state index contributed by atoms with van der Waals surface area (Å²) in [6.07, 6.45) is 0. The van der Waals surface area contributed by atoms with E-state index < -0.39 is 11.9 Å². The van der Waals surface area contributed by atoms with E-state index in [0.29, 0.717) is 11.0 Å². The van der Waals surface area contributed by atoms with Gasteiger partial charge in [-0.3, -0.25) is 0 Å². The van der Waals surface area contributed by atoms with Crippen LogP contribution in [0.25, 0.3) is 38.1 Å². The molecule has 5 aromatic rings. The molecule has 0 fully saturated rings. The normalized spacial score (nSPS) is 11.7. The SMILES string of the molecule is CCOC(=O)c1c(C(=O)OCC)c2c3ccccc3c3cc4ccccc4c1n32. The van der Waals surface area contributed by atoms with Crippen molar-refractivity contribution in [3.8, 4) is 0 Å². The molecule has 0 bridgehead atoms. The summed E-state index contributed by atoms with van der Waals surface area (Å²) in [5.41, 5.74) is 2.87. The van der Waals surface area contributed by atoms with Crippen LogP contribution in [0.15, 0.2) is 54.6 Å². The summed E-state index contributed by atoms with van der Waals surface area (Å²) in [5.74, 6) is -1.03. The fourth-order valence-electron chi connectivity index (χ4n) is 4.29. The molecule has 0 amide bonds. The first kappa shape index (κ1) is 17.5. The average Bonchev–Trinajstić information content (AvgIpc) is 3.25. The molecule has 0 atom stereocenters. The van der Waals surface area contributed by atoms with Crippen LogP contribution in [0.4, 0.5) is 0 Å². The van der Waals surface area contributed by atoms with Crippen molar-refractivity contribution in [1.29, 1.82) is 0 Å². The van der Waals surface area contributed by atoms with Gasteiger partial charge in [-0.25, -0.2) is 9.59 Å². The van der Waals surface area contributed by atoms with E-state index in [2.05, 4.69) is 6.07 Å². The van der Waals surface area contributed by atoms with Gasteiger partial charge in [0.2, 0.25) is 0 Å². The third-order valence-electron chi connectivity index (χ3n) is 5.34. The molecule has 29 heavy (non-hydrogen) atoms. The predicted octanol–water partition coefficient (Wildman–Crippen LogP) is 5.19. The fourth-order valence-corrected chi connectivity index (χ4v) is 4.29. The zero-order valence-electron chi connectivity index (χ0n) is 16.2. The van der Waals surface area contributed by atoms with Crippen LogP contribution >= 0.6 is 0 Å². The number of esters is 2. The van der Waals surface area contributed by atoms with Crippen LogP contribution in [0.3, 0.4) is 0 Å². The summed E-state index contributed by atoms with van der Waals surface area (Å²) in [5, 5.41) is 3.83. The van der Waals surface area contributed by atoms with Gasteiger partial charge in [0.1, 0.15) is 11.1 Å². The van der Waals surface area contributed by atoms with Gasteiger partial charge < -0.3 is 13.9 Å². The second-order valence-corrected chi connectivity index (χ2v) is 6.89. The van der Waals surface area contributed by atoms with Crippen molar-refractivity contribution in [3.63, 3.8) is 0 Å².